The first-order chi connectivity index (χ1) is 17.0. The molecule has 0 bridgehead atoms. The molecular formula is C25H21Cl2FN4O3. The molecule has 1 fully saturated rings. The summed E-state index contributed by atoms with van der Waals surface area (Å²) < 4.78 is 25.6. The number of fused-ring (bicyclic) bond motifs is 1. The number of hydrogen-bond donors (Lipinski definition) is 1. The Bertz CT molecular complexity index is 1380. The number of aliphatic hydroxyl groups is 1. The second-order valence-electron chi connectivity index (χ2n) is 8.01. The topological polar surface area (TPSA) is 80.6 Å². The molecule has 1 atom stereocenters. The maximum Gasteiger partial charge on any atom is 0.233 e. The molecule has 1 saturated heterocycles. The van der Waals surface area contributed by atoms with Crippen LogP contribution in [-0.2, 0) is 4.74 Å². The average Bonchev–Trinajstić information content (AvgIpc) is 2.89. The van der Waals surface area contributed by atoms with Crippen molar-refractivity contribution in [1.82, 2.24) is 15.2 Å². The number of ether oxygens (including phenoxy) is 2. The van der Waals surface area contributed by atoms with Crippen molar-refractivity contribution in [2.24, 2.45) is 0 Å². The molecule has 0 spiro atoms. The van der Waals surface area contributed by atoms with Gasteiger partial charge < -0.3 is 19.5 Å². The van der Waals surface area contributed by atoms with Crippen LogP contribution in [0, 0.1) is 5.82 Å². The van der Waals surface area contributed by atoms with E-state index in [-0.39, 0.29) is 16.3 Å². The second-order valence-corrected chi connectivity index (χ2v) is 8.79. The number of benzene rings is 2. The molecule has 2 aromatic heterocycles. The van der Waals surface area contributed by atoms with Crippen LogP contribution in [0.1, 0.15) is 17.4 Å². The van der Waals surface area contributed by atoms with Crippen LogP contribution in [0.15, 0.2) is 48.7 Å². The predicted octanol–water partition coefficient (Wildman–Crippen LogP) is 5.06. The summed E-state index contributed by atoms with van der Waals surface area (Å²) in [5.74, 6) is -0.226. The summed E-state index contributed by atoms with van der Waals surface area (Å²) >= 11 is 13.1. The minimum Gasteiger partial charge on any atom is -0.480 e. The van der Waals surface area contributed by atoms with E-state index in [0.717, 1.165) is 18.8 Å². The van der Waals surface area contributed by atoms with E-state index in [1.54, 1.807) is 24.4 Å². The first-order valence-electron chi connectivity index (χ1n) is 10.9. The molecule has 1 aliphatic heterocycles. The van der Waals surface area contributed by atoms with E-state index >= 15 is 4.39 Å². The number of hydrogen-bond acceptors (Lipinski definition) is 7. The molecule has 35 heavy (non-hydrogen) atoms. The summed E-state index contributed by atoms with van der Waals surface area (Å²) in [6, 6.07) is 11.4. The molecule has 1 unspecified atom stereocenters. The number of morpholine rings is 1. The molecule has 10 heteroatoms. The second kappa shape index (κ2) is 9.91. The van der Waals surface area contributed by atoms with Gasteiger partial charge in [-0.3, -0.25) is 4.98 Å². The van der Waals surface area contributed by atoms with Gasteiger partial charge in [0.2, 0.25) is 5.88 Å². The number of anilines is 1. The van der Waals surface area contributed by atoms with Crippen LogP contribution in [0.3, 0.4) is 0 Å². The van der Waals surface area contributed by atoms with Gasteiger partial charge in [-0.2, -0.15) is 0 Å². The third-order valence-corrected chi connectivity index (χ3v) is 6.70. The summed E-state index contributed by atoms with van der Waals surface area (Å²) in [7, 11) is 1.47. The van der Waals surface area contributed by atoms with E-state index in [9.17, 15) is 5.11 Å². The summed E-state index contributed by atoms with van der Waals surface area (Å²) in [6.45, 7) is 2.71. The molecule has 0 amide bonds. The summed E-state index contributed by atoms with van der Waals surface area (Å²) in [6.07, 6.45) is 0.371. The number of rotatable bonds is 5. The largest absolute Gasteiger partial charge is 0.480 e. The Labute approximate surface area is 211 Å². The molecular weight excluding hydrogens is 494 g/mol. The normalized spacial score (nSPS) is 14.8. The molecule has 0 radical (unpaired) electrons. The highest BCUT2D eigenvalue weighted by Gasteiger charge is 2.22. The highest BCUT2D eigenvalue weighted by Crippen LogP contribution is 2.40. The van der Waals surface area contributed by atoms with Crippen molar-refractivity contribution in [2.45, 2.75) is 6.10 Å². The van der Waals surface area contributed by atoms with Crippen molar-refractivity contribution in [2.75, 3.05) is 38.3 Å². The van der Waals surface area contributed by atoms with Crippen LogP contribution in [0.5, 0.6) is 5.88 Å². The van der Waals surface area contributed by atoms with Crippen LogP contribution in [0.2, 0.25) is 10.0 Å². The maximum atomic E-state index is 15.2. The highest BCUT2D eigenvalue weighted by atomic mass is 35.5. The number of aromatic nitrogens is 3. The zero-order valence-corrected chi connectivity index (χ0v) is 20.2. The van der Waals surface area contributed by atoms with Crippen molar-refractivity contribution in [3.63, 3.8) is 0 Å². The lowest BCUT2D eigenvalue weighted by molar-refractivity contribution is 0.122. The van der Waals surface area contributed by atoms with E-state index in [1.165, 1.54) is 19.2 Å². The Balaban J connectivity index is 1.59. The van der Waals surface area contributed by atoms with Gasteiger partial charge in [-0.05, 0) is 35.9 Å². The Morgan fingerprint density at radius 1 is 1.06 bits per heavy atom. The van der Waals surface area contributed by atoms with Gasteiger partial charge in [0, 0.05) is 46.9 Å². The fraction of sp³-hybridized carbons (Fsp3) is 0.240. The lowest BCUT2D eigenvalue weighted by atomic mass is 9.96. The minimum absolute atomic E-state index is 0.0716. The monoisotopic (exact) mass is 514 g/mol. The first-order valence-corrected chi connectivity index (χ1v) is 11.7. The molecule has 0 aliphatic carbocycles. The molecule has 4 aromatic rings. The maximum absolute atomic E-state index is 15.2. The molecule has 7 nitrogen and oxygen atoms in total. The van der Waals surface area contributed by atoms with Crippen LogP contribution in [0.4, 0.5) is 10.1 Å². The predicted molar refractivity (Wildman–Crippen MR) is 133 cm³/mol. The molecule has 5 rings (SSSR count). The van der Waals surface area contributed by atoms with E-state index in [4.69, 9.17) is 32.7 Å². The summed E-state index contributed by atoms with van der Waals surface area (Å²) in [4.78, 5) is 6.62. The highest BCUT2D eigenvalue weighted by molar-refractivity contribution is 6.38. The van der Waals surface area contributed by atoms with E-state index in [0.29, 0.717) is 46.1 Å². The molecule has 3 heterocycles. The molecule has 2 aromatic carbocycles. The van der Waals surface area contributed by atoms with Gasteiger partial charge in [-0.25, -0.2) is 4.39 Å². The number of methoxy groups -OCH3 is 1. The quantitative estimate of drug-likeness (QED) is 0.398. The van der Waals surface area contributed by atoms with Crippen molar-refractivity contribution in [1.29, 1.82) is 0 Å². The Morgan fingerprint density at radius 2 is 1.86 bits per heavy atom. The van der Waals surface area contributed by atoms with E-state index in [2.05, 4.69) is 20.1 Å². The fourth-order valence-corrected chi connectivity index (χ4v) is 4.77. The lowest BCUT2D eigenvalue weighted by Crippen LogP contribution is -2.36. The number of aliphatic hydroxyl groups excluding tert-OH is 1. The fourth-order valence-electron chi connectivity index (χ4n) is 4.18. The molecule has 0 saturated carbocycles. The van der Waals surface area contributed by atoms with Gasteiger partial charge >= 0.3 is 0 Å². The number of halogens is 3. The average molecular weight is 515 g/mol. The van der Waals surface area contributed by atoms with Crippen LogP contribution >= 0.6 is 23.2 Å². The van der Waals surface area contributed by atoms with Gasteiger partial charge in [0.15, 0.2) is 0 Å². The van der Waals surface area contributed by atoms with Crippen LogP contribution < -0.4 is 9.64 Å². The van der Waals surface area contributed by atoms with Crippen molar-refractivity contribution < 1.29 is 19.0 Å². The van der Waals surface area contributed by atoms with Gasteiger partial charge in [-0.15, -0.1) is 10.2 Å². The molecule has 180 valence electrons. The number of pyridine rings is 1. The lowest BCUT2D eigenvalue weighted by Gasteiger charge is -2.29. The van der Waals surface area contributed by atoms with Gasteiger partial charge in [0.1, 0.15) is 11.9 Å². The van der Waals surface area contributed by atoms with Crippen molar-refractivity contribution in [3.05, 3.63) is 75.8 Å². The number of nitrogens with zero attached hydrogens (tertiary/aromatic N) is 4. The summed E-state index contributed by atoms with van der Waals surface area (Å²) in [5.41, 5.74) is 2.80. The standard InChI is InChI=1S/C25H21Cl2FN4O3/c1-34-22-5-3-20(30-31-22)25(33)17-12-16(19(28)13-18(17)26)14-6-7-29-24-15(14)2-4-21(23(24)27)32-8-10-35-11-9-32/h2-7,12-13,25,33H,8-11H2,1H3. The van der Waals surface area contributed by atoms with E-state index < -0.39 is 11.9 Å². The minimum atomic E-state index is -1.22. The zero-order valence-electron chi connectivity index (χ0n) is 18.7. The van der Waals surface area contributed by atoms with Gasteiger partial charge in [0.05, 0.1) is 42.2 Å². The smallest absolute Gasteiger partial charge is 0.233 e. The van der Waals surface area contributed by atoms with Gasteiger partial charge in [-0.1, -0.05) is 29.3 Å². The van der Waals surface area contributed by atoms with Crippen molar-refractivity contribution >= 4 is 39.8 Å². The zero-order chi connectivity index (χ0) is 24.5. The Kier molecular flexibility index (Phi) is 6.71. The Hall–Kier alpha value is -3.04. The molecule has 1 N–H and O–H groups in total. The SMILES string of the molecule is COc1ccc(C(O)c2cc(-c3ccnc4c(Cl)c(N5CCOCC5)ccc34)c(F)cc2Cl)nn1. The van der Waals surface area contributed by atoms with Crippen LogP contribution in [-0.4, -0.2) is 53.7 Å². The Morgan fingerprint density at radius 3 is 2.57 bits per heavy atom. The van der Waals surface area contributed by atoms with Crippen molar-refractivity contribution in [3.8, 4) is 17.0 Å². The molecule has 1 aliphatic rings. The third kappa shape index (κ3) is 4.50. The van der Waals surface area contributed by atoms with Crippen LogP contribution in [0.25, 0.3) is 22.0 Å². The van der Waals surface area contributed by atoms with E-state index in [1.807, 2.05) is 12.1 Å². The summed E-state index contributed by atoms with van der Waals surface area (Å²) in [5, 5.41) is 20.1. The van der Waals surface area contributed by atoms with Gasteiger partial charge in [0.25, 0.3) is 0 Å². The first kappa shape index (κ1) is 23.7. The third-order valence-electron chi connectivity index (χ3n) is 6.00.